The number of benzene rings is 1. The zero-order valence-corrected chi connectivity index (χ0v) is 10.9. The van der Waals surface area contributed by atoms with Gasteiger partial charge in [0, 0.05) is 12.2 Å². The summed E-state index contributed by atoms with van der Waals surface area (Å²) in [6, 6.07) is 12.4. The number of nitriles is 1. The van der Waals surface area contributed by atoms with Crippen molar-refractivity contribution in [2.45, 2.75) is 12.5 Å². The van der Waals surface area contributed by atoms with Gasteiger partial charge in [-0.3, -0.25) is 0 Å². The Kier molecular flexibility index (Phi) is 4.66. The Morgan fingerprint density at radius 2 is 2.20 bits per heavy atom. The fraction of sp³-hybridized carbons (Fsp3) is 0.200. The van der Waals surface area contributed by atoms with Crippen molar-refractivity contribution in [2.75, 3.05) is 6.61 Å². The molecule has 0 bridgehead atoms. The molecule has 2 aromatic rings. The third-order valence-corrected chi connectivity index (χ3v) is 2.74. The molecule has 0 aliphatic rings. The van der Waals surface area contributed by atoms with Gasteiger partial charge in [0.2, 0.25) is 5.88 Å². The molecule has 0 radical (unpaired) electrons. The first kappa shape index (κ1) is 14.0. The summed E-state index contributed by atoms with van der Waals surface area (Å²) in [5.74, 6) is 0.862. The SMILES string of the molecule is N#Cc1cccnc1Oc1cccc(C[C@@H](N)CO)c1. The normalized spacial score (nSPS) is 11.7. The topological polar surface area (TPSA) is 92.2 Å². The summed E-state index contributed by atoms with van der Waals surface area (Å²) in [7, 11) is 0. The average Bonchev–Trinajstić information content (AvgIpc) is 2.48. The van der Waals surface area contributed by atoms with Crippen LogP contribution in [0.1, 0.15) is 11.1 Å². The van der Waals surface area contributed by atoms with Gasteiger partial charge in [0.25, 0.3) is 0 Å². The Balaban J connectivity index is 2.18. The van der Waals surface area contributed by atoms with E-state index in [1.165, 1.54) is 0 Å². The van der Waals surface area contributed by atoms with Gasteiger partial charge in [0.1, 0.15) is 17.4 Å². The lowest BCUT2D eigenvalue weighted by Gasteiger charge is -2.10. The van der Waals surface area contributed by atoms with Crippen LogP contribution in [0.4, 0.5) is 0 Å². The van der Waals surface area contributed by atoms with Crippen molar-refractivity contribution in [1.82, 2.24) is 4.98 Å². The van der Waals surface area contributed by atoms with Gasteiger partial charge >= 0.3 is 0 Å². The van der Waals surface area contributed by atoms with Gasteiger partial charge in [-0.2, -0.15) is 5.26 Å². The number of nitrogens with two attached hydrogens (primary N) is 1. The Hall–Kier alpha value is -2.42. The molecule has 1 aromatic carbocycles. The van der Waals surface area contributed by atoms with E-state index in [-0.39, 0.29) is 18.5 Å². The molecule has 0 saturated carbocycles. The number of nitrogens with zero attached hydrogens (tertiary/aromatic N) is 2. The van der Waals surface area contributed by atoms with Gasteiger partial charge in [0.05, 0.1) is 6.61 Å². The van der Waals surface area contributed by atoms with Crippen LogP contribution in [0.3, 0.4) is 0 Å². The number of pyridine rings is 1. The molecule has 0 aliphatic carbocycles. The van der Waals surface area contributed by atoms with E-state index >= 15 is 0 Å². The molecular weight excluding hydrogens is 254 g/mol. The predicted molar refractivity (Wildman–Crippen MR) is 74.2 cm³/mol. The lowest BCUT2D eigenvalue weighted by atomic mass is 10.1. The molecule has 0 spiro atoms. The molecule has 2 rings (SSSR count). The third-order valence-electron chi connectivity index (χ3n) is 2.74. The van der Waals surface area contributed by atoms with Crippen LogP contribution < -0.4 is 10.5 Å². The van der Waals surface area contributed by atoms with Gasteiger partial charge in [-0.15, -0.1) is 0 Å². The van der Waals surface area contributed by atoms with Crippen molar-refractivity contribution in [3.05, 3.63) is 53.7 Å². The first-order chi connectivity index (χ1) is 9.72. The summed E-state index contributed by atoms with van der Waals surface area (Å²) in [5, 5.41) is 18.0. The van der Waals surface area contributed by atoms with Crippen LogP contribution in [0.2, 0.25) is 0 Å². The van der Waals surface area contributed by atoms with Crippen molar-refractivity contribution in [2.24, 2.45) is 5.73 Å². The second-order valence-electron chi connectivity index (χ2n) is 4.36. The van der Waals surface area contributed by atoms with Gasteiger partial charge in [-0.1, -0.05) is 12.1 Å². The molecule has 5 heteroatoms. The van der Waals surface area contributed by atoms with Crippen molar-refractivity contribution in [3.8, 4) is 17.7 Å². The van der Waals surface area contributed by atoms with E-state index in [1.807, 2.05) is 24.3 Å². The van der Waals surface area contributed by atoms with Crippen LogP contribution >= 0.6 is 0 Å². The van der Waals surface area contributed by atoms with E-state index in [2.05, 4.69) is 4.98 Å². The van der Waals surface area contributed by atoms with Crippen molar-refractivity contribution in [3.63, 3.8) is 0 Å². The number of aromatic nitrogens is 1. The van der Waals surface area contributed by atoms with E-state index < -0.39 is 0 Å². The standard InChI is InChI=1S/C15H15N3O2/c16-9-12-4-2-6-18-15(12)20-14-5-1-3-11(8-14)7-13(17)10-19/h1-6,8,13,19H,7,10,17H2/t13-/m1/s1. The summed E-state index contributed by atoms with van der Waals surface area (Å²) in [6.45, 7) is -0.0656. The maximum atomic E-state index is 8.99. The van der Waals surface area contributed by atoms with Gasteiger partial charge < -0.3 is 15.6 Å². The summed E-state index contributed by atoms with van der Waals surface area (Å²) in [6.07, 6.45) is 2.13. The van der Waals surface area contributed by atoms with Gasteiger partial charge in [0.15, 0.2) is 0 Å². The molecule has 1 heterocycles. The molecule has 0 fully saturated rings. The van der Waals surface area contributed by atoms with E-state index in [1.54, 1.807) is 24.4 Å². The largest absolute Gasteiger partial charge is 0.438 e. The minimum atomic E-state index is -0.297. The maximum absolute atomic E-state index is 8.99. The first-order valence-electron chi connectivity index (χ1n) is 6.21. The van der Waals surface area contributed by atoms with Crippen LogP contribution in [0, 0.1) is 11.3 Å². The molecule has 1 atom stereocenters. The van der Waals surface area contributed by atoms with Crippen LogP contribution in [0.25, 0.3) is 0 Å². The Labute approximate surface area is 117 Å². The minimum Gasteiger partial charge on any atom is -0.438 e. The highest BCUT2D eigenvalue weighted by atomic mass is 16.5. The number of aliphatic hydroxyl groups is 1. The quantitative estimate of drug-likeness (QED) is 0.860. The van der Waals surface area contributed by atoms with Crippen molar-refractivity contribution in [1.29, 1.82) is 5.26 Å². The number of hydrogen-bond donors (Lipinski definition) is 2. The molecule has 1 aromatic heterocycles. The van der Waals surface area contributed by atoms with E-state index in [9.17, 15) is 0 Å². The van der Waals surface area contributed by atoms with Gasteiger partial charge in [-0.05, 0) is 36.2 Å². The molecular formula is C15H15N3O2. The van der Waals surface area contributed by atoms with E-state index in [0.29, 0.717) is 17.7 Å². The predicted octanol–water partition coefficient (Wildman–Crippen LogP) is 1.61. The fourth-order valence-electron chi connectivity index (χ4n) is 1.77. The molecule has 102 valence electrons. The van der Waals surface area contributed by atoms with Crippen LogP contribution in [0.5, 0.6) is 11.6 Å². The van der Waals surface area contributed by atoms with Crippen LogP contribution in [0.15, 0.2) is 42.6 Å². The lowest BCUT2D eigenvalue weighted by Crippen LogP contribution is -2.26. The minimum absolute atomic E-state index is 0.0656. The summed E-state index contributed by atoms with van der Waals surface area (Å²) < 4.78 is 5.62. The fourth-order valence-corrected chi connectivity index (χ4v) is 1.77. The lowest BCUT2D eigenvalue weighted by molar-refractivity contribution is 0.265. The Morgan fingerprint density at radius 1 is 1.35 bits per heavy atom. The molecule has 0 amide bonds. The summed E-state index contributed by atoms with van der Waals surface area (Å²) in [5.41, 5.74) is 7.04. The smallest absolute Gasteiger partial charge is 0.237 e. The second-order valence-corrected chi connectivity index (χ2v) is 4.36. The molecule has 5 nitrogen and oxygen atoms in total. The summed E-state index contributed by atoms with van der Waals surface area (Å²) >= 11 is 0. The molecule has 0 unspecified atom stereocenters. The van der Waals surface area contributed by atoms with Gasteiger partial charge in [-0.25, -0.2) is 4.98 Å². The van der Waals surface area contributed by atoms with Crippen LogP contribution in [-0.4, -0.2) is 22.7 Å². The zero-order chi connectivity index (χ0) is 14.4. The van der Waals surface area contributed by atoms with E-state index in [4.69, 9.17) is 20.8 Å². The molecule has 0 saturated heterocycles. The Morgan fingerprint density at radius 3 is 2.95 bits per heavy atom. The van der Waals surface area contributed by atoms with Crippen LogP contribution in [-0.2, 0) is 6.42 Å². The van der Waals surface area contributed by atoms with Crippen molar-refractivity contribution >= 4 is 0 Å². The van der Waals surface area contributed by atoms with E-state index in [0.717, 1.165) is 5.56 Å². The average molecular weight is 269 g/mol. The molecule has 20 heavy (non-hydrogen) atoms. The van der Waals surface area contributed by atoms with Crippen molar-refractivity contribution < 1.29 is 9.84 Å². The Bertz CT molecular complexity index is 623. The number of hydrogen-bond acceptors (Lipinski definition) is 5. The number of aliphatic hydroxyl groups excluding tert-OH is 1. The highest BCUT2D eigenvalue weighted by Crippen LogP contribution is 2.23. The second kappa shape index (κ2) is 6.66. The zero-order valence-electron chi connectivity index (χ0n) is 10.9. The monoisotopic (exact) mass is 269 g/mol. The summed E-state index contributed by atoms with van der Waals surface area (Å²) in [4.78, 5) is 4.04. The first-order valence-corrected chi connectivity index (χ1v) is 6.21. The highest BCUT2D eigenvalue weighted by molar-refractivity contribution is 5.40. The number of rotatable bonds is 5. The molecule has 3 N–H and O–H groups in total. The molecule has 0 aliphatic heterocycles. The maximum Gasteiger partial charge on any atom is 0.237 e. The number of ether oxygens (including phenoxy) is 1. The highest BCUT2D eigenvalue weighted by Gasteiger charge is 2.07. The third kappa shape index (κ3) is 3.54.